The van der Waals surface area contributed by atoms with Crippen LogP contribution in [0.1, 0.15) is 32.6 Å². The Morgan fingerprint density at radius 2 is 2.20 bits per heavy atom. The van der Waals surface area contributed by atoms with Gasteiger partial charge in [-0.1, -0.05) is 13.3 Å². The minimum atomic E-state index is -1.08. The first-order chi connectivity index (χ1) is 7.11. The third-order valence-electron chi connectivity index (χ3n) is 1.83. The topological polar surface area (TPSA) is 75.6 Å². The predicted octanol–water partition coefficient (Wildman–Crippen LogP) is 1.31. The number of carboxylic acids is 1. The van der Waals surface area contributed by atoms with Crippen LogP contribution in [-0.4, -0.2) is 29.7 Å². The molecular formula is C9H16ClNO4. The number of ether oxygens (including phenoxy) is 1. The second-order valence-electron chi connectivity index (χ2n) is 3.11. The predicted molar refractivity (Wildman–Crippen MR) is 55.5 cm³/mol. The van der Waals surface area contributed by atoms with Gasteiger partial charge in [0.15, 0.2) is 0 Å². The number of aliphatic carboxylic acids is 1. The van der Waals surface area contributed by atoms with E-state index in [4.69, 9.17) is 21.6 Å². The molecule has 6 heteroatoms. The van der Waals surface area contributed by atoms with E-state index in [-0.39, 0.29) is 18.8 Å². The van der Waals surface area contributed by atoms with Crippen molar-refractivity contribution in [3.8, 4) is 0 Å². The standard InChI is InChI=1S/C9H16ClNO4/c1-2-3-6-15-8(12)5-4-7(11-10)9(13)14/h7,11H,2-6H2,1H3,(H,13,14)/t7-/m0/s1. The van der Waals surface area contributed by atoms with Gasteiger partial charge in [-0.3, -0.25) is 9.59 Å². The zero-order chi connectivity index (χ0) is 11.7. The average molecular weight is 238 g/mol. The molecule has 1 atom stereocenters. The SMILES string of the molecule is CCCCOC(=O)CC[C@H](NCl)C(=O)O. The maximum Gasteiger partial charge on any atom is 0.321 e. The summed E-state index contributed by atoms with van der Waals surface area (Å²) in [7, 11) is 0. The Morgan fingerprint density at radius 1 is 1.53 bits per heavy atom. The summed E-state index contributed by atoms with van der Waals surface area (Å²) in [5.41, 5.74) is 0. The lowest BCUT2D eigenvalue weighted by molar-refractivity contribution is -0.144. The van der Waals surface area contributed by atoms with Crippen LogP contribution in [0.25, 0.3) is 0 Å². The van der Waals surface area contributed by atoms with Crippen LogP contribution in [0.5, 0.6) is 0 Å². The molecule has 0 aliphatic rings. The molecule has 88 valence electrons. The van der Waals surface area contributed by atoms with Gasteiger partial charge in [0.1, 0.15) is 6.04 Å². The number of hydrogen-bond donors (Lipinski definition) is 2. The minimum absolute atomic E-state index is 0.0560. The van der Waals surface area contributed by atoms with Gasteiger partial charge < -0.3 is 9.84 Å². The van der Waals surface area contributed by atoms with Crippen LogP contribution in [0, 0.1) is 0 Å². The number of nitrogens with one attached hydrogen (secondary N) is 1. The van der Waals surface area contributed by atoms with Gasteiger partial charge in [0.2, 0.25) is 0 Å². The summed E-state index contributed by atoms with van der Waals surface area (Å²) in [6.07, 6.45) is 1.96. The summed E-state index contributed by atoms with van der Waals surface area (Å²) in [6.45, 7) is 2.38. The minimum Gasteiger partial charge on any atom is -0.480 e. The van der Waals surface area contributed by atoms with E-state index >= 15 is 0 Å². The van der Waals surface area contributed by atoms with E-state index in [9.17, 15) is 9.59 Å². The lowest BCUT2D eigenvalue weighted by Crippen LogP contribution is -2.31. The number of unbranched alkanes of at least 4 members (excludes halogenated alkanes) is 1. The molecule has 0 bridgehead atoms. The molecule has 0 amide bonds. The molecule has 0 aromatic rings. The van der Waals surface area contributed by atoms with Gasteiger partial charge in [-0.25, -0.2) is 4.84 Å². The molecule has 5 nitrogen and oxygen atoms in total. The summed E-state index contributed by atoms with van der Waals surface area (Å²) in [5, 5.41) is 8.60. The van der Waals surface area contributed by atoms with E-state index in [1.807, 2.05) is 6.92 Å². The van der Waals surface area contributed by atoms with Crippen LogP contribution < -0.4 is 4.84 Å². The van der Waals surface area contributed by atoms with Crippen molar-refractivity contribution in [2.24, 2.45) is 0 Å². The van der Waals surface area contributed by atoms with Gasteiger partial charge in [-0.2, -0.15) is 0 Å². The Morgan fingerprint density at radius 3 is 2.67 bits per heavy atom. The summed E-state index contributed by atoms with van der Waals surface area (Å²) in [6, 6.07) is -0.912. The fourth-order valence-electron chi connectivity index (χ4n) is 0.889. The van der Waals surface area contributed by atoms with Crippen molar-refractivity contribution < 1.29 is 19.4 Å². The second kappa shape index (κ2) is 8.49. The van der Waals surface area contributed by atoms with Gasteiger partial charge in [0.25, 0.3) is 0 Å². The maximum absolute atomic E-state index is 11.1. The Balaban J connectivity index is 3.64. The summed E-state index contributed by atoms with van der Waals surface area (Å²) < 4.78 is 4.85. The third-order valence-corrected chi connectivity index (χ3v) is 2.09. The highest BCUT2D eigenvalue weighted by Gasteiger charge is 2.17. The molecule has 0 radical (unpaired) electrons. The highest BCUT2D eigenvalue weighted by atomic mass is 35.5. The monoisotopic (exact) mass is 237 g/mol. The molecule has 0 unspecified atom stereocenters. The highest BCUT2D eigenvalue weighted by Crippen LogP contribution is 2.01. The van der Waals surface area contributed by atoms with Gasteiger partial charge in [-0.05, 0) is 24.6 Å². The van der Waals surface area contributed by atoms with Crippen LogP contribution in [0.4, 0.5) is 0 Å². The molecule has 0 rings (SSSR count). The maximum atomic E-state index is 11.1. The first kappa shape index (κ1) is 14.2. The van der Waals surface area contributed by atoms with Crippen molar-refractivity contribution in [3.63, 3.8) is 0 Å². The number of esters is 1. The molecule has 15 heavy (non-hydrogen) atoms. The molecule has 0 saturated heterocycles. The van der Waals surface area contributed by atoms with E-state index in [0.717, 1.165) is 12.8 Å². The number of carbonyl (C=O) groups is 2. The Labute approximate surface area is 93.9 Å². The number of carboxylic acid groups (broad SMARTS) is 1. The van der Waals surface area contributed by atoms with E-state index in [1.54, 1.807) is 0 Å². The summed E-state index contributed by atoms with van der Waals surface area (Å²) in [4.78, 5) is 23.7. The molecule has 0 aliphatic heterocycles. The van der Waals surface area contributed by atoms with Crippen molar-refractivity contribution in [1.29, 1.82) is 0 Å². The van der Waals surface area contributed by atoms with E-state index in [1.165, 1.54) is 0 Å². The molecule has 0 aromatic heterocycles. The van der Waals surface area contributed by atoms with Gasteiger partial charge in [0.05, 0.1) is 6.61 Å². The first-order valence-corrected chi connectivity index (χ1v) is 5.24. The molecule has 0 saturated carbocycles. The summed E-state index contributed by atoms with van der Waals surface area (Å²) in [5.74, 6) is -1.46. The van der Waals surface area contributed by atoms with Gasteiger partial charge in [0, 0.05) is 6.42 Å². The molecule has 0 aliphatic carbocycles. The zero-order valence-corrected chi connectivity index (χ0v) is 9.42. The lowest BCUT2D eigenvalue weighted by Gasteiger charge is -2.08. The van der Waals surface area contributed by atoms with Crippen molar-refractivity contribution in [1.82, 2.24) is 4.84 Å². The fraction of sp³-hybridized carbons (Fsp3) is 0.778. The molecule has 0 heterocycles. The molecule has 0 aromatic carbocycles. The van der Waals surface area contributed by atoms with E-state index < -0.39 is 12.0 Å². The molecular weight excluding hydrogens is 222 g/mol. The van der Waals surface area contributed by atoms with Crippen molar-refractivity contribution in [3.05, 3.63) is 0 Å². The highest BCUT2D eigenvalue weighted by molar-refractivity contribution is 6.14. The quantitative estimate of drug-likeness (QED) is 0.378. The molecule has 0 fully saturated rings. The lowest BCUT2D eigenvalue weighted by atomic mass is 10.2. The molecule has 2 N–H and O–H groups in total. The van der Waals surface area contributed by atoms with Crippen LogP contribution in [-0.2, 0) is 14.3 Å². The normalized spacial score (nSPS) is 12.1. The van der Waals surface area contributed by atoms with Gasteiger partial charge >= 0.3 is 11.9 Å². The Hall–Kier alpha value is -0.810. The Kier molecular flexibility index (Phi) is 8.04. The second-order valence-corrected chi connectivity index (χ2v) is 3.33. The van der Waals surface area contributed by atoms with E-state index in [0.29, 0.717) is 6.61 Å². The van der Waals surface area contributed by atoms with Crippen molar-refractivity contribution in [2.45, 2.75) is 38.6 Å². The summed E-state index contributed by atoms with van der Waals surface area (Å²) >= 11 is 5.19. The number of hydrogen-bond acceptors (Lipinski definition) is 4. The number of rotatable bonds is 8. The number of halogens is 1. The third kappa shape index (κ3) is 7.16. The van der Waals surface area contributed by atoms with Crippen LogP contribution in [0.2, 0.25) is 0 Å². The molecule has 0 spiro atoms. The van der Waals surface area contributed by atoms with Crippen molar-refractivity contribution in [2.75, 3.05) is 6.61 Å². The zero-order valence-electron chi connectivity index (χ0n) is 8.66. The average Bonchev–Trinajstić information content (AvgIpc) is 2.18. The van der Waals surface area contributed by atoms with Gasteiger partial charge in [-0.15, -0.1) is 0 Å². The van der Waals surface area contributed by atoms with Crippen LogP contribution in [0.15, 0.2) is 0 Å². The van der Waals surface area contributed by atoms with Crippen LogP contribution in [0.3, 0.4) is 0 Å². The Bertz CT molecular complexity index is 210. The number of carbonyl (C=O) groups excluding carboxylic acids is 1. The smallest absolute Gasteiger partial charge is 0.321 e. The largest absolute Gasteiger partial charge is 0.480 e. The fourth-order valence-corrected chi connectivity index (χ4v) is 1.09. The first-order valence-electron chi connectivity index (χ1n) is 4.86. The van der Waals surface area contributed by atoms with Crippen LogP contribution >= 0.6 is 11.8 Å². The van der Waals surface area contributed by atoms with E-state index in [2.05, 4.69) is 4.84 Å². The van der Waals surface area contributed by atoms with Crippen molar-refractivity contribution >= 4 is 23.7 Å².